The second kappa shape index (κ2) is 11.0. The van der Waals surface area contributed by atoms with Crippen molar-refractivity contribution in [1.29, 1.82) is 0 Å². The van der Waals surface area contributed by atoms with Gasteiger partial charge in [-0.15, -0.1) is 0 Å². The Balaban J connectivity index is 2.06. The fourth-order valence-corrected chi connectivity index (χ4v) is 2.72. The molecule has 0 aliphatic carbocycles. The molecule has 0 fully saturated rings. The zero-order valence-electron chi connectivity index (χ0n) is 17.5. The lowest BCUT2D eigenvalue weighted by atomic mass is 10.0. The van der Waals surface area contributed by atoms with Crippen LogP contribution in [0.2, 0.25) is 0 Å². The Morgan fingerprint density at radius 1 is 0.933 bits per heavy atom. The third kappa shape index (κ3) is 6.59. The lowest BCUT2D eigenvalue weighted by Crippen LogP contribution is -2.47. The van der Waals surface area contributed by atoms with E-state index in [0.29, 0.717) is 22.7 Å². The average Bonchev–Trinajstić information content (AvgIpc) is 2.72. The maximum atomic E-state index is 12.8. The number of anilines is 2. The van der Waals surface area contributed by atoms with Gasteiger partial charge in [-0.25, -0.2) is 0 Å². The lowest BCUT2D eigenvalue weighted by Gasteiger charge is -2.22. The van der Waals surface area contributed by atoms with Gasteiger partial charge < -0.3 is 25.4 Å². The number of nitrogens with one attached hydrogen (secondary N) is 3. The van der Waals surface area contributed by atoms with Crippen molar-refractivity contribution in [3.05, 3.63) is 54.1 Å². The number of carbonyl (C=O) groups excluding carboxylic acids is 3. The summed E-state index contributed by atoms with van der Waals surface area (Å²) >= 11 is 0. The number of methoxy groups -OCH3 is 2. The predicted molar refractivity (Wildman–Crippen MR) is 115 cm³/mol. The first-order valence-electron chi connectivity index (χ1n) is 9.48. The van der Waals surface area contributed by atoms with Crippen LogP contribution in [0.25, 0.3) is 0 Å². The lowest BCUT2D eigenvalue weighted by molar-refractivity contribution is -0.120. The molecule has 0 aliphatic rings. The molecule has 0 saturated heterocycles. The quantitative estimate of drug-likeness (QED) is 0.586. The number of amides is 3. The van der Waals surface area contributed by atoms with Crippen molar-refractivity contribution in [3.8, 4) is 5.75 Å². The summed E-state index contributed by atoms with van der Waals surface area (Å²) in [5, 5.41) is 8.24. The van der Waals surface area contributed by atoms with Crippen LogP contribution in [-0.4, -0.2) is 44.6 Å². The van der Waals surface area contributed by atoms with E-state index in [-0.39, 0.29) is 30.2 Å². The maximum absolute atomic E-state index is 12.8. The van der Waals surface area contributed by atoms with Crippen molar-refractivity contribution in [2.45, 2.75) is 19.9 Å². The van der Waals surface area contributed by atoms with Gasteiger partial charge in [0.2, 0.25) is 11.8 Å². The first-order valence-corrected chi connectivity index (χ1v) is 9.48. The standard InChI is InChI=1S/C22H27N3O5/c1-14(2)20(25-21(27)15-8-10-18(30-4)11-9-15)22(28)24-17-7-5-6-16(12-17)23-19(26)13-29-3/h5-12,14,20H,13H2,1-4H3,(H,23,26)(H,24,28)(H,25,27). The molecule has 0 aliphatic heterocycles. The van der Waals surface area contributed by atoms with Crippen molar-refractivity contribution < 1.29 is 23.9 Å². The average molecular weight is 413 g/mol. The minimum Gasteiger partial charge on any atom is -0.497 e. The Morgan fingerprint density at radius 3 is 2.13 bits per heavy atom. The molecule has 2 aromatic rings. The number of hydrogen-bond donors (Lipinski definition) is 3. The molecule has 160 valence electrons. The van der Waals surface area contributed by atoms with E-state index in [4.69, 9.17) is 9.47 Å². The molecule has 0 saturated carbocycles. The molecule has 1 atom stereocenters. The Hall–Kier alpha value is -3.39. The van der Waals surface area contributed by atoms with Gasteiger partial charge in [-0.2, -0.15) is 0 Å². The van der Waals surface area contributed by atoms with Gasteiger partial charge >= 0.3 is 0 Å². The molecule has 0 radical (unpaired) electrons. The molecule has 3 N–H and O–H groups in total. The van der Waals surface area contributed by atoms with Gasteiger partial charge in [-0.1, -0.05) is 19.9 Å². The molecule has 8 nitrogen and oxygen atoms in total. The number of hydrogen-bond acceptors (Lipinski definition) is 5. The van der Waals surface area contributed by atoms with E-state index in [1.54, 1.807) is 55.6 Å². The third-order valence-corrected chi connectivity index (χ3v) is 4.28. The van der Waals surface area contributed by atoms with E-state index in [9.17, 15) is 14.4 Å². The van der Waals surface area contributed by atoms with Crippen LogP contribution in [0, 0.1) is 5.92 Å². The van der Waals surface area contributed by atoms with E-state index in [1.165, 1.54) is 7.11 Å². The monoisotopic (exact) mass is 413 g/mol. The van der Waals surface area contributed by atoms with E-state index in [0.717, 1.165) is 0 Å². The third-order valence-electron chi connectivity index (χ3n) is 4.28. The summed E-state index contributed by atoms with van der Waals surface area (Å²) in [5.74, 6) is -0.508. The molecule has 2 aromatic carbocycles. The first-order chi connectivity index (χ1) is 14.3. The highest BCUT2D eigenvalue weighted by atomic mass is 16.5. The van der Waals surface area contributed by atoms with E-state index >= 15 is 0 Å². The molecule has 0 heterocycles. The molecule has 2 rings (SSSR count). The van der Waals surface area contributed by atoms with E-state index in [1.807, 2.05) is 13.8 Å². The Bertz CT molecular complexity index is 881. The summed E-state index contributed by atoms with van der Waals surface area (Å²) in [6, 6.07) is 12.6. The van der Waals surface area contributed by atoms with Crippen LogP contribution in [0.5, 0.6) is 5.75 Å². The van der Waals surface area contributed by atoms with Crippen LogP contribution in [0.4, 0.5) is 11.4 Å². The Kier molecular flexibility index (Phi) is 8.37. The molecule has 3 amide bonds. The maximum Gasteiger partial charge on any atom is 0.251 e. The Labute approximate surface area is 175 Å². The van der Waals surface area contributed by atoms with Crippen molar-refractivity contribution >= 4 is 29.1 Å². The molecule has 30 heavy (non-hydrogen) atoms. The zero-order valence-corrected chi connectivity index (χ0v) is 17.5. The van der Waals surface area contributed by atoms with Crippen LogP contribution in [-0.2, 0) is 14.3 Å². The number of carbonyl (C=O) groups is 3. The van der Waals surface area contributed by atoms with Crippen LogP contribution in [0.3, 0.4) is 0 Å². The molecule has 0 aromatic heterocycles. The fourth-order valence-electron chi connectivity index (χ4n) is 2.72. The van der Waals surface area contributed by atoms with Gasteiger partial charge in [0, 0.05) is 24.0 Å². The highest BCUT2D eigenvalue weighted by molar-refractivity contribution is 6.01. The van der Waals surface area contributed by atoms with Crippen LogP contribution in [0.1, 0.15) is 24.2 Å². The Morgan fingerprint density at radius 2 is 1.57 bits per heavy atom. The van der Waals surface area contributed by atoms with Crippen LogP contribution in [0.15, 0.2) is 48.5 Å². The van der Waals surface area contributed by atoms with Gasteiger partial charge in [0.1, 0.15) is 18.4 Å². The van der Waals surface area contributed by atoms with E-state index < -0.39 is 6.04 Å². The minimum absolute atomic E-state index is 0.0661. The predicted octanol–water partition coefficient (Wildman–Crippen LogP) is 2.67. The smallest absolute Gasteiger partial charge is 0.251 e. The molecule has 0 spiro atoms. The van der Waals surface area contributed by atoms with Crippen molar-refractivity contribution in [1.82, 2.24) is 5.32 Å². The van der Waals surface area contributed by atoms with Crippen molar-refractivity contribution in [2.24, 2.45) is 5.92 Å². The number of ether oxygens (including phenoxy) is 2. The van der Waals surface area contributed by atoms with Gasteiger partial charge in [-0.3, -0.25) is 14.4 Å². The largest absolute Gasteiger partial charge is 0.497 e. The van der Waals surface area contributed by atoms with Crippen molar-refractivity contribution in [3.63, 3.8) is 0 Å². The molecular formula is C22H27N3O5. The minimum atomic E-state index is -0.744. The topological polar surface area (TPSA) is 106 Å². The second-order valence-electron chi connectivity index (χ2n) is 6.97. The fraction of sp³-hybridized carbons (Fsp3) is 0.318. The molecular weight excluding hydrogens is 386 g/mol. The summed E-state index contributed by atoms with van der Waals surface area (Å²) in [4.78, 5) is 37.0. The summed E-state index contributed by atoms with van der Waals surface area (Å²) in [5.41, 5.74) is 1.45. The number of benzene rings is 2. The molecule has 8 heteroatoms. The van der Waals surface area contributed by atoms with E-state index in [2.05, 4.69) is 16.0 Å². The first kappa shape index (κ1) is 22.9. The highest BCUT2D eigenvalue weighted by Gasteiger charge is 2.25. The molecule has 0 bridgehead atoms. The van der Waals surface area contributed by atoms with Gasteiger partial charge in [0.15, 0.2) is 0 Å². The SMILES string of the molecule is COCC(=O)Nc1cccc(NC(=O)C(NC(=O)c2ccc(OC)cc2)C(C)C)c1. The summed E-state index contributed by atoms with van der Waals surface area (Å²) in [6.45, 7) is 3.63. The van der Waals surface area contributed by atoms with Crippen LogP contribution >= 0.6 is 0 Å². The normalized spacial score (nSPS) is 11.5. The second-order valence-corrected chi connectivity index (χ2v) is 6.97. The van der Waals surface area contributed by atoms with Gasteiger partial charge in [0.25, 0.3) is 5.91 Å². The van der Waals surface area contributed by atoms with Crippen molar-refractivity contribution in [2.75, 3.05) is 31.5 Å². The number of rotatable bonds is 9. The zero-order chi connectivity index (χ0) is 22.1. The summed E-state index contributed by atoms with van der Waals surface area (Å²) in [7, 11) is 2.98. The van der Waals surface area contributed by atoms with Gasteiger partial charge in [0.05, 0.1) is 7.11 Å². The molecule has 1 unspecified atom stereocenters. The summed E-state index contributed by atoms with van der Waals surface area (Å²) < 4.78 is 9.88. The summed E-state index contributed by atoms with van der Waals surface area (Å²) in [6.07, 6.45) is 0. The van der Waals surface area contributed by atoms with Gasteiger partial charge in [-0.05, 0) is 48.4 Å². The highest BCUT2D eigenvalue weighted by Crippen LogP contribution is 2.17. The van der Waals surface area contributed by atoms with Crippen LogP contribution < -0.4 is 20.7 Å².